The Bertz CT molecular complexity index is 621. The molecule has 21 heavy (non-hydrogen) atoms. The first-order valence-corrected chi connectivity index (χ1v) is 7.38. The molecule has 0 aromatic heterocycles. The molecule has 0 saturated heterocycles. The van der Waals surface area contributed by atoms with Gasteiger partial charge in [0.15, 0.2) is 0 Å². The summed E-state index contributed by atoms with van der Waals surface area (Å²) in [5, 5.41) is 14.7. The Morgan fingerprint density at radius 1 is 1.14 bits per heavy atom. The molecule has 4 nitrogen and oxygen atoms in total. The van der Waals surface area contributed by atoms with Crippen molar-refractivity contribution in [2.75, 3.05) is 26.2 Å². The van der Waals surface area contributed by atoms with Crippen LogP contribution in [0.15, 0.2) is 36.4 Å². The molecule has 0 aliphatic carbocycles. The molecule has 2 N–H and O–H groups in total. The van der Waals surface area contributed by atoms with Gasteiger partial charge in [0.25, 0.3) is 5.91 Å². The fourth-order valence-corrected chi connectivity index (χ4v) is 2.40. The number of rotatable bonds is 6. The van der Waals surface area contributed by atoms with Crippen molar-refractivity contribution >= 4 is 16.7 Å². The number of nitrogens with zero attached hydrogens (tertiary/aromatic N) is 1. The van der Waals surface area contributed by atoms with Gasteiger partial charge in [0.05, 0.1) is 5.56 Å². The molecule has 0 fully saturated rings. The van der Waals surface area contributed by atoms with E-state index in [2.05, 4.69) is 24.1 Å². The molecule has 0 radical (unpaired) electrons. The van der Waals surface area contributed by atoms with Crippen LogP contribution >= 0.6 is 0 Å². The first-order chi connectivity index (χ1) is 10.2. The molecule has 0 heterocycles. The van der Waals surface area contributed by atoms with Gasteiger partial charge in [-0.2, -0.15) is 0 Å². The van der Waals surface area contributed by atoms with Crippen molar-refractivity contribution in [1.29, 1.82) is 0 Å². The molecule has 1 amide bonds. The maximum atomic E-state index is 12.2. The van der Waals surface area contributed by atoms with Crippen LogP contribution in [0.25, 0.3) is 10.8 Å². The normalized spacial score (nSPS) is 11.0. The van der Waals surface area contributed by atoms with Crippen molar-refractivity contribution < 1.29 is 9.90 Å². The van der Waals surface area contributed by atoms with Crippen LogP contribution < -0.4 is 5.32 Å². The zero-order valence-electron chi connectivity index (χ0n) is 12.6. The summed E-state index contributed by atoms with van der Waals surface area (Å²) in [4.78, 5) is 14.4. The van der Waals surface area contributed by atoms with E-state index in [1.165, 1.54) is 0 Å². The van der Waals surface area contributed by atoms with Gasteiger partial charge < -0.3 is 15.3 Å². The Morgan fingerprint density at radius 3 is 2.57 bits per heavy atom. The van der Waals surface area contributed by atoms with Crippen molar-refractivity contribution in [1.82, 2.24) is 10.2 Å². The van der Waals surface area contributed by atoms with Crippen molar-refractivity contribution in [3.05, 3.63) is 42.0 Å². The van der Waals surface area contributed by atoms with Gasteiger partial charge in [-0.15, -0.1) is 0 Å². The fourth-order valence-electron chi connectivity index (χ4n) is 2.40. The number of phenols is 1. The second-order valence-electron chi connectivity index (χ2n) is 4.97. The van der Waals surface area contributed by atoms with Crippen LogP contribution in [0.5, 0.6) is 5.75 Å². The lowest BCUT2D eigenvalue weighted by atomic mass is 10.0. The van der Waals surface area contributed by atoms with E-state index < -0.39 is 0 Å². The highest BCUT2D eigenvalue weighted by Gasteiger charge is 2.13. The summed E-state index contributed by atoms with van der Waals surface area (Å²) in [7, 11) is 0. The number of hydrogen-bond acceptors (Lipinski definition) is 3. The van der Waals surface area contributed by atoms with Gasteiger partial charge in [-0.3, -0.25) is 4.79 Å². The van der Waals surface area contributed by atoms with Crippen LogP contribution in [0, 0.1) is 0 Å². The zero-order valence-corrected chi connectivity index (χ0v) is 12.6. The topological polar surface area (TPSA) is 52.6 Å². The van der Waals surface area contributed by atoms with Gasteiger partial charge in [-0.05, 0) is 24.5 Å². The number of nitrogens with one attached hydrogen (secondary N) is 1. The molecule has 0 unspecified atom stereocenters. The Balaban J connectivity index is 2.07. The van der Waals surface area contributed by atoms with Gasteiger partial charge >= 0.3 is 0 Å². The Morgan fingerprint density at radius 2 is 1.86 bits per heavy atom. The highest BCUT2D eigenvalue weighted by Crippen LogP contribution is 2.28. The number of phenolic OH excluding ortho intramolecular Hbond substituents is 1. The average Bonchev–Trinajstić information content (AvgIpc) is 2.52. The SMILES string of the molecule is CCN(CC)CCNC(=O)c1ccc2ccccc2c1O. The minimum absolute atomic E-state index is 0.0495. The fraction of sp³-hybridized carbons (Fsp3) is 0.353. The summed E-state index contributed by atoms with van der Waals surface area (Å²) in [6.07, 6.45) is 0. The van der Waals surface area contributed by atoms with E-state index >= 15 is 0 Å². The minimum Gasteiger partial charge on any atom is -0.506 e. The maximum Gasteiger partial charge on any atom is 0.255 e. The smallest absolute Gasteiger partial charge is 0.255 e. The number of fused-ring (bicyclic) bond motifs is 1. The predicted octanol–water partition coefficient (Wildman–Crippen LogP) is 2.62. The molecule has 0 spiro atoms. The molecule has 0 aliphatic rings. The third-order valence-electron chi connectivity index (χ3n) is 3.75. The third kappa shape index (κ3) is 3.52. The highest BCUT2D eigenvalue weighted by molar-refractivity contribution is 6.03. The van der Waals surface area contributed by atoms with E-state index in [1.807, 2.05) is 30.3 Å². The average molecular weight is 286 g/mol. The summed E-state index contributed by atoms with van der Waals surface area (Å²) in [6.45, 7) is 7.52. The zero-order chi connectivity index (χ0) is 15.2. The summed E-state index contributed by atoms with van der Waals surface area (Å²) in [5.74, 6) is -0.182. The first kappa shape index (κ1) is 15.3. The third-order valence-corrected chi connectivity index (χ3v) is 3.75. The molecule has 0 atom stereocenters. The van der Waals surface area contributed by atoms with Crippen LogP contribution in [0.3, 0.4) is 0 Å². The van der Waals surface area contributed by atoms with E-state index in [0.717, 1.165) is 25.0 Å². The number of benzene rings is 2. The number of carbonyl (C=O) groups is 1. The van der Waals surface area contributed by atoms with Gasteiger partial charge in [0, 0.05) is 18.5 Å². The Hall–Kier alpha value is -2.07. The minimum atomic E-state index is -0.231. The van der Waals surface area contributed by atoms with Gasteiger partial charge in [0.1, 0.15) is 5.75 Å². The highest BCUT2D eigenvalue weighted by atomic mass is 16.3. The molecule has 2 aromatic rings. The van der Waals surface area contributed by atoms with Crippen molar-refractivity contribution in [3.8, 4) is 5.75 Å². The molecule has 2 aromatic carbocycles. The second-order valence-corrected chi connectivity index (χ2v) is 4.97. The van der Waals surface area contributed by atoms with Crippen LogP contribution in [-0.4, -0.2) is 42.1 Å². The van der Waals surface area contributed by atoms with Crippen molar-refractivity contribution in [3.63, 3.8) is 0 Å². The molecular formula is C17H22N2O2. The number of amides is 1. The van der Waals surface area contributed by atoms with Crippen molar-refractivity contribution in [2.24, 2.45) is 0 Å². The summed E-state index contributed by atoms with van der Waals surface area (Å²) >= 11 is 0. The Labute approximate surface area is 125 Å². The van der Waals surface area contributed by atoms with E-state index in [-0.39, 0.29) is 11.7 Å². The number of aromatic hydroxyl groups is 1. The summed E-state index contributed by atoms with van der Waals surface area (Å²) in [5.41, 5.74) is 0.327. The van der Waals surface area contributed by atoms with Crippen LogP contribution in [0.1, 0.15) is 24.2 Å². The standard InChI is InChI=1S/C17H22N2O2/c1-3-19(4-2)12-11-18-17(21)15-10-9-13-7-5-6-8-14(13)16(15)20/h5-10,20H,3-4,11-12H2,1-2H3,(H,18,21). The predicted molar refractivity (Wildman–Crippen MR) is 85.7 cm³/mol. The van der Waals surface area contributed by atoms with Gasteiger partial charge in [-0.1, -0.05) is 44.2 Å². The van der Waals surface area contributed by atoms with Crippen LogP contribution in [0.4, 0.5) is 0 Å². The van der Waals surface area contributed by atoms with Gasteiger partial charge in [0.2, 0.25) is 0 Å². The molecule has 2 rings (SSSR count). The summed E-state index contributed by atoms with van der Waals surface area (Å²) < 4.78 is 0. The largest absolute Gasteiger partial charge is 0.506 e. The van der Waals surface area contributed by atoms with E-state index in [0.29, 0.717) is 17.5 Å². The molecule has 4 heteroatoms. The number of hydrogen-bond donors (Lipinski definition) is 2. The van der Waals surface area contributed by atoms with E-state index in [9.17, 15) is 9.90 Å². The molecular weight excluding hydrogens is 264 g/mol. The van der Waals surface area contributed by atoms with Gasteiger partial charge in [-0.25, -0.2) is 0 Å². The lowest BCUT2D eigenvalue weighted by Gasteiger charge is -2.18. The summed E-state index contributed by atoms with van der Waals surface area (Å²) in [6, 6.07) is 11.0. The van der Waals surface area contributed by atoms with Crippen LogP contribution in [-0.2, 0) is 0 Å². The Kier molecular flexibility index (Phi) is 5.17. The number of carbonyl (C=O) groups excluding carboxylic acids is 1. The van der Waals surface area contributed by atoms with Crippen LogP contribution in [0.2, 0.25) is 0 Å². The molecule has 0 saturated carbocycles. The quantitative estimate of drug-likeness (QED) is 0.858. The maximum absolute atomic E-state index is 12.2. The lowest BCUT2D eigenvalue weighted by Crippen LogP contribution is -2.34. The van der Waals surface area contributed by atoms with Crippen molar-refractivity contribution in [2.45, 2.75) is 13.8 Å². The molecule has 112 valence electrons. The second kappa shape index (κ2) is 7.09. The van der Waals surface area contributed by atoms with E-state index in [1.54, 1.807) is 6.07 Å². The molecule has 0 aliphatic heterocycles. The first-order valence-electron chi connectivity index (χ1n) is 7.38. The molecule has 0 bridgehead atoms. The monoisotopic (exact) mass is 286 g/mol. The number of likely N-dealkylation sites (N-methyl/N-ethyl adjacent to an activating group) is 1. The van der Waals surface area contributed by atoms with E-state index in [4.69, 9.17) is 0 Å². The lowest BCUT2D eigenvalue weighted by molar-refractivity contribution is 0.0946.